The molecular weight excluding hydrogens is 245 g/mol. The van der Waals surface area contributed by atoms with E-state index in [0.717, 1.165) is 31.2 Å². The Hall–Kier alpha value is -1.42. The van der Waals surface area contributed by atoms with E-state index in [1.165, 1.54) is 12.1 Å². The minimum absolute atomic E-state index is 0.0930. The first-order valence-corrected chi connectivity index (χ1v) is 6.81. The molecule has 19 heavy (non-hydrogen) atoms. The monoisotopic (exact) mass is 265 g/mol. The maximum absolute atomic E-state index is 13.0. The van der Waals surface area contributed by atoms with Crippen LogP contribution < -0.4 is 5.32 Å². The van der Waals surface area contributed by atoms with Crippen molar-refractivity contribution in [3.05, 3.63) is 35.6 Å². The summed E-state index contributed by atoms with van der Waals surface area (Å²) < 4.78 is 13.0. The molecule has 0 aliphatic heterocycles. The van der Waals surface area contributed by atoms with Crippen molar-refractivity contribution in [2.24, 2.45) is 0 Å². The molecule has 0 saturated heterocycles. The molecule has 0 aromatic heterocycles. The van der Waals surface area contributed by atoms with Gasteiger partial charge in [-0.05, 0) is 37.0 Å². The molecule has 1 saturated carbocycles. The second kappa shape index (κ2) is 6.15. The fourth-order valence-corrected chi connectivity index (χ4v) is 2.51. The Kier molecular flexibility index (Phi) is 4.53. The van der Waals surface area contributed by atoms with Crippen molar-refractivity contribution in [2.45, 2.75) is 44.1 Å². The maximum atomic E-state index is 13.0. The SMILES string of the molecule is O=C(CCc1cccc(F)c1)NCC1(O)CCCC1. The molecule has 0 bridgehead atoms. The van der Waals surface area contributed by atoms with E-state index >= 15 is 0 Å². The van der Waals surface area contributed by atoms with Gasteiger partial charge < -0.3 is 10.4 Å². The smallest absolute Gasteiger partial charge is 0.220 e. The minimum atomic E-state index is -0.714. The molecule has 1 aromatic rings. The van der Waals surface area contributed by atoms with Crippen LogP contribution in [-0.2, 0) is 11.2 Å². The average molecular weight is 265 g/mol. The first kappa shape index (κ1) is 14.0. The molecule has 4 heteroatoms. The van der Waals surface area contributed by atoms with Crippen molar-refractivity contribution in [3.63, 3.8) is 0 Å². The normalized spacial score (nSPS) is 17.4. The summed E-state index contributed by atoms with van der Waals surface area (Å²) in [5, 5.41) is 12.9. The van der Waals surface area contributed by atoms with Crippen LogP contribution in [-0.4, -0.2) is 23.2 Å². The van der Waals surface area contributed by atoms with Crippen LogP contribution in [0.2, 0.25) is 0 Å². The van der Waals surface area contributed by atoms with Crippen molar-refractivity contribution in [1.82, 2.24) is 5.32 Å². The van der Waals surface area contributed by atoms with Crippen molar-refractivity contribution < 1.29 is 14.3 Å². The highest BCUT2D eigenvalue weighted by atomic mass is 19.1. The molecule has 1 aliphatic carbocycles. The Morgan fingerprint density at radius 3 is 2.79 bits per heavy atom. The summed E-state index contributed by atoms with van der Waals surface area (Å²) in [4.78, 5) is 11.7. The van der Waals surface area contributed by atoms with Gasteiger partial charge in [0.1, 0.15) is 5.82 Å². The number of aliphatic hydroxyl groups is 1. The van der Waals surface area contributed by atoms with Gasteiger partial charge >= 0.3 is 0 Å². The van der Waals surface area contributed by atoms with Gasteiger partial charge in [-0.1, -0.05) is 25.0 Å². The van der Waals surface area contributed by atoms with Crippen LogP contribution in [0.4, 0.5) is 4.39 Å². The summed E-state index contributed by atoms with van der Waals surface area (Å²) in [6, 6.07) is 6.28. The molecule has 0 atom stereocenters. The van der Waals surface area contributed by atoms with E-state index in [-0.39, 0.29) is 11.7 Å². The second-order valence-electron chi connectivity index (χ2n) is 5.34. The molecule has 1 aromatic carbocycles. The lowest BCUT2D eigenvalue weighted by Gasteiger charge is -2.22. The molecular formula is C15H20FNO2. The van der Waals surface area contributed by atoms with Gasteiger partial charge in [0.15, 0.2) is 0 Å². The van der Waals surface area contributed by atoms with Gasteiger partial charge in [0.25, 0.3) is 0 Å². The maximum Gasteiger partial charge on any atom is 0.220 e. The highest BCUT2D eigenvalue weighted by Crippen LogP contribution is 2.28. The molecule has 1 fully saturated rings. The van der Waals surface area contributed by atoms with Crippen LogP contribution in [0, 0.1) is 5.82 Å². The number of hydrogen-bond acceptors (Lipinski definition) is 2. The molecule has 1 amide bonds. The van der Waals surface area contributed by atoms with Gasteiger partial charge in [-0.25, -0.2) is 4.39 Å². The first-order valence-electron chi connectivity index (χ1n) is 6.81. The predicted molar refractivity (Wildman–Crippen MR) is 71.1 cm³/mol. The van der Waals surface area contributed by atoms with Crippen molar-refractivity contribution >= 4 is 5.91 Å². The lowest BCUT2D eigenvalue weighted by atomic mass is 10.0. The van der Waals surface area contributed by atoms with Gasteiger partial charge in [0.05, 0.1) is 5.60 Å². The van der Waals surface area contributed by atoms with Crippen LogP contribution in [0.25, 0.3) is 0 Å². The third-order valence-corrected chi connectivity index (χ3v) is 3.68. The van der Waals surface area contributed by atoms with Crippen LogP contribution >= 0.6 is 0 Å². The van der Waals surface area contributed by atoms with E-state index in [2.05, 4.69) is 5.32 Å². The van der Waals surface area contributed by atoms with Gasteiger partial charge in [-0.2, -0.15) is 0 Å². The summed E-state index contributed by atoms with van der Waals surface area (Å²) in [6.45, 7) is 0.328. The van der Waals surface area contributed by atoms with Crippen LogP contribution in [0.3, 0.4) is 0 Å². The Balaban J connectivity index is 1.73. The van der Waals surface area contributed by atoms with E-state index in [4.69, 9.17) is 0 Å². The molecule has 2 rings (SSSR count). The zero-order valence-electron chi connectivity index (χ0n) is 11.0. The summed E-state index contributed by atoms with van der Waals surface area (Å²) in [6.07, 6.45) is 4.40. The topological polar surface area (TPSA) is 49.3 Å². The van der Waals surface area contributed by atoms with E-state index < -0.39 is 5.60 Å². The lowest BCUT2D eigenvalue weighted by molar-refractivity contribution is -0.122. The highest BCUT2D eigenvalue weighted by Gasteiger charge is 2.31. The molecule has 1 aliphatic rings. The first-order chi connectivity index (χ1) is 9.07. The van der Waals surface area contributed by atoms with Gasteiger partial charge in [0.2, 0.25) is 5.91 Å². The van der Waals surface area contributed by atoms with Crippen molar-refractivity contribution in [3.8, 4) is 0 Å². The van der Waals surface area contributed by atoms with Gasteiger partial charge in [-0.15, -0.1) is 0 Å². The van der Waals surface area contributed by atoms with Gasteiger partial charge in [-0.3, -0.25) is 4.79 Å². The number of halogens is 1. The Labute approximate surface area is 112 Å². The molecule has 104 valence electrons. The fourth-order valence-electron chi connectivity index (χ4n) is 2.51. The molecule has 2 N–H and O–H groups in total. The number of benzene rings is 1. The number of carbonyl (C=O) groups is 1. The molecule has 0 radical (unpaired) electrons. The summed E-state index contributed by atoms with van der Waals surface area (Å²) in [5.41, 5.74) is 0.101. The van der Waals surface area contributed by atoms with E-state index in [1.54, 1.807) is 12.1 Å². The van der Waals surface area contributed by atoms with Crippen LogP contribution in [0.5, 0.6) is 0 Å². The quantitative estimate of drug-likeness (QED) is 0.857. The molecule has 0 spiro atoms. The number of aryl methyl sites for hydroxylation is 1. The Morgan fingerprint density at radius 1 is 1.37 bits per heavy atom. The standard InChI is InChI=1S/C15H20FNO2/c16-13-5-3-4-12(10-13)6-7-14(18)17-11-15(19)8-1-2-9-15/h3-5,10,19H,1-2,6-9,11H2,(H,17,18). The zero-order chi connectivity index (χ0) is 13.7. The van der Waals surface area contributed by atoms with E-state index in [9.17, 15) is 14.3 Å². The molecule has 0 unspecified atom stereocenters. The summed E-state index contributed by atoms with van der Waals surface area (Å²) in [5.74, 6) is -0.372. The number of rotatable bonds is 5. The van der Waals surface area contributed by atoms with E-state index in [1.807, 2.05) is 0 Å². The fraction of sp³-hybridized carbons (Fsp3) is 0.533. The Morgan fingerprint density at radius 2 is 2.11 bits per heavy atom. The molecule has 0 heterocycles. The summed E-state index contributed by atoms with van der Waals surface area (Å²) in [7, 11) is 0. The minimum Gasteiger partial charge on any atom is -0.388 e. The van der Waals surface area contributed by atoms with Crippen molar-refractivity contribution in [1.29, 1.82) is 0 Å². The van der Waals surface area contributed by atoms with E-state index in [0.29, 0.717) is 19.4 Å². The number of carbonyl (C=O) groups excluding carboxylic acids is 1. The third kappa shape index (κ3) is 4.31. The highest BCUT2D eigenvalue weighted by molar-refractivity contribution is 5.76. The average Bonchev–Trinajstić information content (AvgIpc) is 2.82. The largest absolute Gasteiger partial charge is 0.388 e. The van der Waals surface area contributed by atoms with Gasteiger partial charge in [0, 0.05) is 13.0 Å². The second-order valence-corrected chi connectivity index (χ2v) is 5.34. The van der Waals surface area contributed by atoms with Crippen LogP contribution in [0.1, 0.15) is 37.7 Å². The van der Waals surface area contributed by atoms with Crippen LogP contribution in [0.15, 0.2) is 24.3 Å². The number of nitrogens with one attached hydrogen (secondary N) is 1. The Bertz CT molecular complexity index is 442. The predicted octanol–water partition coefficient (Wildman–Crippen LogP) is 2.18. The molecule has 3 nitrogen and oxygen atoms in total. The summed E-state index contributed by atoms with van der Waals surface area (Å²) >= 11 is 0. The lowest BCUT2D eigenvalue weighted by Crippen LogP contribution is -2.40. The number of amides is 1. The van der Waals surface area contributed by atoms with Crippen molar-refractivity contribution in [2.75, 3.05) is 6.54 Å². The third-order valence-electron chi connectivity index (χ3n) is 3.68. The zero-order valence-corrected chi connectivity index (χ0v) is 11.0. The number of hydrogen-bond donors (Lipinski definition) is 2.